The Kier molecular flexibility index (Phi) is 49.9. The molecule has 0 amide bonds. The Labute approximate surface area is 395 Å². The molecule has 0 bridgehead atoms. The van der Waals surface area contributed by atoms with Gasteiger partial charge < -0.3 is 14.2 Å². The van der Waals surface area contributed by atoms with Crippen LogP contribution in [0.15, 0.2) is 72.9 Å². The van der Waals surface area contributed by atoms with Crippen LogP contribution in [0.5, 0.6) is 0 Å². The van der Waals surface area contributed by atoms with E-state index in [9.17, 15) is 14.4 Å². The second-order valence-corrected chi connectivity index (χ2v) is 17.8. The summed E-state index contributed by atoms with van der Waals surface area (Å²) in [6.45, 7) is 6.54. The second-order valence-electron chi connectivity index (χ2n) is 17.8. The summed E-state index contributed by atoms with van der Waals surface area (Å²) >= 11 is 0. The number of carbonyl (C=O) groups is 3. The van der Waals surface area contributed by atoms with Crippen LogP contribution in [0.25, 0.3) is 0 Å². The van der Waals surface area contributed by atoms with Crippen LogP contribution in [0.2, 0.25) is 0 Å². The van der Waals surface area contributed by atoms with Gasteiger partial charge in [0.1, 0.15) is 13.2 Å². The molecule has 0 aromatic rings. The molecule has 0 saturated carbocycles. The standard InChI is InChI=1S/C58H100O6/c1-4-7-10-13-16-19-22-25-27-28-29-30-32-33-36-39-42-45-48-51-57(60)63-54-55(53-62-56(59)50-47-44-41-38-35-24-21-18-15-12-9-6-3)64-58(61)52-49-46-43-40-37-34-31-26-23-20-17-14-11-8-5-2/h16,19,25-27,29-31,33,36,42,45,55H,4-15,17-18,20-24,28,32,34-35,37-41,43-44,46-54H2,1-3H3/b19-16-,27-25-,30-29-,31-26-,36-33-,45-42-/t55-/m0/s1. The molecule has 64 heavy (non-hydrogen) atoms. The molecule has 0 aromatic heterocycles. The topological polar surface area (TPSA) is 78.9 Å². The van der Waals surface area contributed by atoms with Gasteiger partial charge in [0.25, 0.3) is 0 Å². The minimum Gasteiger partial charge on any atom is -0.462 e. The van der Waals surface area contributed by atoms with Gasteiger partial charge in [-0.05, 0) is 83.5 Å². The van der Waals surface area contributed by atoms with Crippen molar-refractivity contribution in [3.63, 3.8) is 0 Å². The van der Waals surface area contributed by atoms with Crippen molar-refractivity contribution in [2.75, 3.05) is 13.2 Å². The Hall–Kier alpha value is -3.15. The number of allylic oxidation sites excluding steroid dienone is 12. The van der Waals surface area contributed by atoms with Gasteiger partial charge in [0.05, 0.1) is 0 Å². The van der Waals surface area contributed by atoms with Crippen molar-refractivity contribution in [2.45, 2.75) is 264 Å². The molecule has 0 rings (SSSR count). The van der Waals surface area contributed by atoms with Crippen LogP contribution in [-0.2, 0) is 28.6 Å². The first kappa shape index (κ1) is 60.9. The van der Waals surface area contributed by atoms with Gasteiger partial charge in [0, 0.05) is 19.3 Å². The van der Waals surface area contributed by atoms with E-state index in [2.05, 4.69) is 87.6 Å². The molecule has 0 aliphatic rings. The zero-order chi connectivity index (χ0) is 46.5. The monoisotopic (exact) mass is 893 g/mol. The van der Waals surface area contributed by atoms with Gasteiger partial charge in [-0.1, -0.05) is 229 Å². The van der Waals surface area contributed by atoms with E-state index in [1.54, 1.807) is 0 Å². The van der Waals surface area contributed by atoms with E-state index in [0.29, 0.717) is 19.3 Å². The van der Waals surface area contributed by atoms with Gasteiger partial charge in [-0.15, -0.1) is 0 Å². The Bertz CT molecular complexity index is 1210. The highest BCUT2D eigenvalue weighted by atomic mass is 16.6. The highest BCUT2D eigenvalue weighted by Gasteiger charge is 2.19. The van der Waals surface area contributed by atoms with Crippen molar-refractivity contribution in [1.29, 1.82) is 0 Å². The Morgan fingerprint density at radius 1 is 0.312 bits per heavy atom. The average molecular weight is 893 g/mol. The number of ether oxygens (including phenoxy) is 3. The summed E-state index contributed by atoms with van der Waals surface area (Å²) in [4.78, 5) is 38.0. The number of carbonyl (C=O) groups excluding carboxylic acids is 3. The molecule has 0 aliphatic carbocycles. The molecule has 0 N–H and O–H groups in total. The number of hydrogen-bond donors (Lipinski definition) is 0. The molecule has 6 nitrogen and oxygen atoms in total. The van der Waals surface area contributed by atoms with Gasteiger partial charge in [-0.3, -0.25) is 14.4 Å². The molecule has 0 heterocycles. The van der Waals surface area contributed by atoms with Gasteiger partial charge in [-0.25, -0.2) is 0 Å². The third kappa shape index (κ3) is 49.9. The minimum atomic E-state index is -0.807. The first-order chi connectivity index (χ1) is 31.5. The molecule has 0 saturated heterocycles. The zero-order valence-electron chi connectivity index (χ0n) is 42.0. The Morgan fingerprint density at radius 3 is 1.02 bits per heavy atom. The molecule has 0 unspecified atom stereocenters. The minimum absolute atomic E-state index is 0.0997. The van der Waals surface area contributed by atoms with Crippen LogP contribution in [0.1, 0.15) is 258 Å². The summed E-state index contributed by atoms with van der Waals surface area (Å²) in [6.07, 6.45) is 66.1. The summed E-state index contributed by atoms with van der Waals surface area (Å²) in [7, 11) is 0. The molecule has 0 radical (unpaired) electrons. The summed E-state index contributed by atoms with van der Waals surface area (Å²) < 4.78 is 16.7. The summed E-state index contributed by atoms with van der Waals surface area (Å²) in [5.41, 5.74) is 0. The lowest BCUT2D eigenvalue weighted by Gasteiger charge is -2.18. The van der Waals surface area contributed by atoms with Gasteiger partial charge in [0.15, 0.2) is 6.10 Å². The summed E-state index contributed by atoms with van der Waals surface area (Å²) in [5, 5.41) is 0. The lowest BCUT2D eigenvalue weighted by Crippen LogP contribution is -2.30. The lowest BCUT2D eigenvalue weighted by molar-refractivity contribution is -0.166. The van der Waals surface area contributed by atoms with E-state index in [0.717, 1.165) is 77.0 Å². The Balaban J connectivity index is 4.49. The largest absolute Gasteiger partial charge is 0.462 e. The van der Waals surface area contributed by atoms with Crippen LogP contribution in [0.4, 0.5) is 0 Å². The molecular weight excluding hydrogens is 793 g/mol. The summed E-state index contributed by atoms with van der Waals surface area (Å²) in [5.74, 6) is -0.991. The van der Waals surface area contributed by atoms with Crippen molar-refractivity contribution in [3.8, 4) is 0 Å². The smallest absolute Gasteiger partial charge is 0.306 e. The molecular formula is C58H100O6. The predicted molar refractivity (Wildman–Crippen MR) is 274 cm³/mol. The molecule has 0 fully saturated rings. The fraction of sp³-hybridized carbons (Fsp3) is 0.741. The normalized spacial score (nSPS) is 12.6. The maximum absolute atomic E-state index is 12.8. The number of esters is 3. The predicted octanol–water partition coefficient (Wildman–Crippen LogP) is 17.8. The average Bonchev–Trinajstić information content (AvgIpc) is 3.29. The molecule has 0 spiro atoms. The maximum atomic E-state index is 12.8. The number of hydrogen-bond acceptors (Lipinski definition) is 6. The zero-order valence-corrected chi connectivity index (χ0v) is 42.0. The summed E-state index contributed by atoms with van der Waals surface area (Å²) in [6, 6.07) is 0. The van der Waals surface area contributed by atoms with Crippen molar-refractivity contribution in [2.24, 2.45) is 0 Å². The number of rotatable bonds is 48. The first-order valence-corrected chi connectivity index (χ1v) is 26.9. The maximum Gasteiger partial charge on any atom is 0.306 e. The van der Waals surface area contributed by atoms with E-state index in [1.165, 1.54) is 135 Å². The van der Waals surface area contributed by atoms with E-state index in [4.69, 9.17) is 14.2 Å². The van der Waals surface area contributed by atoms with Crippen LogP contribution >= 0.6 is 0 Å². The molecule has 0 aromatic carbocycles. The lowest BCUT2D eigenvalue weighted by atomic mass is 10.0. The van der Waals surface area contributed by atoms with Crippen molar-refractivity contribution in [3.05, 3.63) is 72.9 Å². The molecule has 1 atom stereocenters. The van der Waals surface area contributed by atoms with E-state index < -0.39 is 6.10 Å². The fourth-order valence-corrected chi connectivity index (χ4v) is 7.36. The SMILES string of the molecule is CCCCC/C=C\C/C=C\C/C=C\C/C=C\C/C=C\CCC(=O)OC[C@H](COC(=O)CCCCCCCCCCCCCC)OC(=O)CCCCCCC/C=C\CCCCCCCC. The van der Waals surface area contributed by atoms with Crippen LogP contribution in [-0.4, -0.2) is 37.2 Å². The van der Waals surface area contributed by atoms with Crippen molar-refractivity contribution < 1.29 is 28.6 Å². The first-order valence-electron chi connectivity index (χ1n) is 26.9. The van der Waals surface area contributed by atoms with Gasteiger partial charge >= 0.3 is 17.9 Å². The number of unbranched alkanes of at least 4 members (excludes halogenated alkanes) is 25. The Morgan fingerprint density at radius 2 is 0.594 bits per heavy atom. The van der Waals surface area contributed by atoms with E-state index in [-0.39, 0.29) is 37.5 Å². The fourth-order valence-electron chi connectivity index (χ4n) is 7.36. The third-order valence-corrected chi connectivity index (χ3v) is 11.4. The van der Waals surface area contributed by atoms with Crippen LogP contribution in [0.3, 0.4) is 0 Å². The highest BCUT2D eigenvalue weighted by molar-refractivity contribution is 5.71. The van der Waals surface area contributed by atoms with Crippen LogP contribution in [0, 0.1) is 0 Å². The highest BCUT2D eigenvalue weighted by Crippen LogP contribution is 2.14. The third-order valence-electron chi connectivity index (χ3n) is 11.4. The second kappa shape index (κ2) is 52.5. The van der Waals surface area contributed by atoms with Crippen LogP contribution < -0.4 is 0 Å². The van der Waals surface area contributed by atoms with E-state index >= 15 is 0 Å². The molecule has 0 aliphatic heterocycles. The van der Waals surface area contributed by atoms with Crippen molar-refractivity contribution >= 4 is 17.9 Å². The van der Waals surface area contributed by atoms with Crippen molar-refractivity contribution in [1.82, 2.24) is 0 Å². The molecule has 6 heteroatoms. The quantitative estimate of drug-likeness (QED) is 0.0262. The molecule has 368 valence electrons. The van der Waals surface area contributed by atoms with Gasteiger partial charge in [0.2, 0.25) is 0 Å². The van der Waals surface area contributed by atoms with E-state index in [1.807, 2.05) is 6.08 Å². The van der Waals surface area contributed by atoms with Gasteiger partial charge in [-0.2, -0.15) is 0 Å².